The van der Waals surface area contributed by atoms with Crippen molar-refractivity contribution in [1.82, 2.24) is 34.5 Å². The Morgan fingerprint density at radius 2 is 1.70 bits per heavy atom. The molecule has 3 aliphatic heterocycles. The predicted molar refractivity (Wildman–Crippen MR) is 199 cm³/mol. The van der Waals surface area contributed by atoms with Crippen molar-refractivity contribution in [2.24, 2.45) is 0 Å². The summed E-state index contributed by atoms with van der Waals surface area (Å²) in [6, 6.07) is 7.00. The van der Waals surface area contributed by atoms with E-state index in [-0.39, 0.29) is 47.1 Å². The summed E-state index contributed by atoms with van der Waals surface area (Å²) in [7, 11) is 0. The Kier molecular flexibility index (Phi) is 11.2. The van der Waals surface area contributed by atoms with Gasteiger partial charge in [0.25, 0.3) is 5.91 Å². The van der Waals surface area contributed by atoms with Gasteiger partial charge in [-0.15, -0.1) is 0 Å². The number of amides is 4. The van der Waals surface area contributed by atoms with Gasteiger partial charge in [-0.3, -0.25) is 39.4 Å². The Balaban J connectivity index is 0.912. The van der Waals surface area contributed by atoms with E-state index in [4.69, 9.17) is 9.72 Å². The normalized spacial score (nSPS) is 19.0. The largest absolute Gasteiger partial charge is 0.489 e. The van der Waals surface area contributed by atoms with Crippen LogP contribution in [0, 0.1) is 0 Å². The fourth-order valence-corrected chi connectivity index (χ4v) is 7.54. The molecule has 0 aliphatic carbocycles. The van der Waals surface area contributed by atoms with Crippen LogP contribution in [0.3, 0.4) is 0 Å². The monoisotopic (exact) mass is 775 g/mol. The van der Waals surface area contributed by atoms with Gasteiger partial charge in [-0.2, -0.15) is 13.2 Å². The molecule has 17 heteroatoms. The minimum Gasteiger partial charge on any atom is -0.489 e. The maximum atomic E-state index is 13.6. The molecule has 56 heavy (non-hydrogen) atoms. The van der Waals surface area contributed by atoms with Crippen molar-refractivity contribution in [1.29, 1.82) is 0 Å². The number of carbonyl (C=O) groups is 4. The quantitative estimate of drug-likeness (QED) is 0.187. The van der Waals surface area contributed by atoms with Gasteiger partial charge in [-0.25, -0.2) is 4.98 Å². The van der Waals surface area contributed by atoms with Crippen LogP contribution in [-0.2, 0) is 20.6 Å². The predicted octanol–water partition coefficient (Wildman–Crippen LogP) is 4.99. The molecule has 3 fully saturated rings. The topological polar surface area (TPSA) is 163 Å². The standard InChI is InChI=1S/C39H44F3N9O5/c1-23(2)56-32-18-33-46-30(20-51(33)21-31(32)47-38(55)36-27(39(40,41)42)4-3-13-43-36)25-9-14-49(15-10-25)22-35(53)50-16-11-24(12-17-50)28-6-5-26(19-44-28)45-29-7-8-34(52)48-37(29)54/h3-6,13,18-21,23-25,29,45H,7-12,14-17,22H2,1-2H3,(H,47,55)(H,48,52,54). The van der Waals surface area contributed by atoms with E-state index in [1.165, 1.54) is 0 Å². The molecule has 4 aromatic rings. The van der Waals surface area contributed by atoms with E-state index >= 15 is 0 Å². The van der Waals surface area contributed by atoms with Crippen molar-refractivity contribution >= 4 is 40.7 Å². The lowest BCUT2D eigenvalue weighted by atomic mass is 9.92. The fourth-order valence-electron chi connectivity index (χ4n) is 7.54. The molecule has 0 radical (unpaired) electrons. The second-order valence-electron chi connectivity index (χ2n) is 14.8. The molecule has 0 saturated carbocycles. The Morgan fingerprint density at radius 1 is 0.964 bits per heavy atom. The number of alkyl halides is 3. The molecule has 4 aromatic heterocycles. The highest BCUT2D eigenvalue weighted by Crippen LogP contribution is 2.35. The number of halogens is 3. The van der Waals surface area contributed by atoms with E-state index in [0.29, 0.717) is 38.1 Å². The van der Waals surface area contributed by atoms with E-state index in [1.807, 2.05) is 23.2 Å². The lowest BCUT2D eigenvalue weighted by Gasteiger charge is -2.35. The highest BCUT2D eigenvalue weighted by Gasteiger charge is 2.36. The lowest BCUT2D eigenvalue weighted by molar-refractivity contribution is -0.138. The van der Waals surface area contributed by atoms with Gasteiger partial charge in [0, 0.05) is 61.7 Å². The van der Waals surface area contributed by atoms with Gasteiger partial charge in [-0.05, 0) is 83.3 Å². The number of nitrogens with zero attached hydrogens (tertiary/aromatic N) is 6. The van der Waals surface area contributed by atoms with E-state index in [0.717, 1.165) is 74.2 Å². The van der Waals surface area contributed by atoms with Gasteiger partial charge in [-0.1, -0.05) is 0 Å². The number of likely N-dealkylation sites (tertiary alicyclic amines) is 2. The second-order valence-corrected chi connectivity index (χ2v) is 14.8. The average Bonchev–Trinajstić information content (AvgIpc) is 3.59. The van der Waals surface area contributed by atoms with Crippen LogP contribution in [0.15, 0.2) is 55.1 Å². The van der Waals surface area contributed by atoms with Gasteiger partial charge in [0.2, 0.25) is 17.7 Å². The number of rotatable bonds is 10. The van der Waals surface area contributed by atoms with Gasteiger partial charge in [0.05, 0.1) is 35.8 Å². The summed E-state index contributed by atoms with van der Waals surface area (Å²) in [4.78, 5) is 67.1. The van der Waals surface area contributed by atoms with Crippen LogP contribution >= 0.6 is 0 Å². The van der Waals surface area contributed by atoms with Crippen LogP contribution in [0.1, 0.15) is 91.6 Å². The van der Waals surface area contributed by atoms with E-state index < -0.39 is 29.4 Å². The maximum absolute atomic E-state index is 13.6. The van der Waals surface area contributed by atoms with E-state index in [1.54, 1.807) is 36.7 Å². The van der Waals surface area contributed by atoms with Crippen LogP contribution in [-0.4, -0.2) is 97.7 Å². The molecule has 4 amide bonds. The van der Waals surface area contributed by atoms with E-state index in [9.17, 15) is 32.3 Å². The first-order valence-electron chi connectivity index (χ1n) is 18.9. The van der Waals surface area contributed by atoms with Gasteiger partial charge in [0.1, 0.15) is 28.8 Å². The summed E-state index contributed by atoms with van der Waals surface area (Å²) in [6.45, 7) is 6.69. The number of carbonyl (C=O) groups excluding carboxylic acids is 4. The number of nitrogens with one attached hydrogen (secondary N) is 3. The average molecular weight is 776 g/mol. The molecule has 0 spiro atoms. The molecule has 296 valence electrons. The number of imidazole rings is 1. The molecule has 1 atom stereocenters. The minimum atomic E-state index is -4.75. The van der Waals surface area contributed by atoms with Crippen LogP contribution in [0.2, 0.25) is 0 Å². The molecular formula is C39H44F3N9O5. The zero-order valence-corrected chi connectivity index (χ0v) is 31.1. The zero-order valence-electron chi connectivity index (χ0n) is 31.1. The number of anilines is 2. The van der Waals surface area contributed by atoms with Gasteiger partial charge in [0.15, 0.2) is 0 Å². The molecule has 7 heterocycles. The van der Waals surface area contributed by atoms with Crippen molar-refractivity contribution in [2.45, 2.75) is 82.5 Å². The minimum absolute atomic E-state index is 0.103. The first-order chi connectivity index (χ1) is 26.8. The molecule has 3 saturated heterocycles. The molecule has 1 unspecified atom stereocenters. The molecule has 7 rings (SSSR count). The van der Waals surface area contributed by atoms with Crippen LogP contribution < -0.4 is 20.7 Å². The number of pyridine rings is 3. The Bertz CT molecular complexity index is 2090. The van der Waals surface area contributed by atoms with Crippen LogP contribution in [0.5, 0.6) is 5.75 Å². The number of imide groups is 1. The highest BCUT2D eigenvalue weighted by molar-refractivity contribution is 6.05. The maximum Gasteiger partial charge on any atom is 0.418 e. The zero-order chi connectivity index (χ0) is 39.6. The number of hydrogen-bond donors (Lipinski definition) is 3. The molecule has 3 N–H and O–H groups in total. The van der Waals surface area contributed by atoms with Crippen LogP contribution in [0.4, 0.5) is 24.5 Å². The number of hydrogen-bond acceptors (Lipinski definition) is 10. The second kappa shape index (κ2) is 16.3. The number of aromatic nitrogens is 4. The summed E-state index contributed by atoms with van der Waals surface area (Å²) in [5.74, 6) is -0.861. The molecular weight excluding hydrogens is 731 g/mol. The number of ether oxygens (including phenoxy) is 1. The SMILES string of the molecule is CC(C)Oc1cc2nc(C3CCN(CC(=O)N4CCC(c5ccc(NC6CCC(=O)NC6=O)cn5)CC4)CC3)cn2cc1NC(=O)c1ncccc1C(F)(F)F. The third kappa shape index (κ3) is 8.93. The smallest absolute Gasteiger partial charge is 0.418 e. The third-order valence-corrected chi connectivity index (χ3v) is 10.5. The fraction of sp³-hybridized carbons (Fsp3) is 0.462. The van der Waals surface area contributed by atoms with Crippen molar-refractivity contribution in [3.8, 4) is 5.75 Å². The summed E-state index contributed by atoms with van der Waals surface area (Å²) in [6.07, 6.45) is 5.19. The Morgan fingerprint density at radius 3 is 2.38 bits per heavy atom. The van der Waals surface area contributed by atoms with Gasteiger partial charge < -0.3 is 24.7 Å². The first kappa shape index (κ1) is 38.7. The summed E-state index contributed by atoms with van der Waals surface area (Å²) >= 11 is 0. The Labute approximate surface area is 321 Å². The van der Waals surface area contributed by atoms with Crippen LogP contribution in [0.25, 0.3) is 5.65 Å². The summed E-state index contributed by atoms with van der Waals surface area (Å²) in [5.41, 5.74) is 1.40. The summed E-state index contributed by atoms with van der Waals surface area (Å²) < 4.78 is 48.5. The molecule has 0 aromatic carbocycles. The van der Waals surface area contributed by atoms with Gasteiger partial charge >= 0.3 is 6.18 Å². The number of piperidine rings is 3. The van der Waals surface area contributed by atoms with E-state index in [2.05, 4.69) is 30.8 Å². The van der Waals surface area contributed by atoms with Crippen molar-refractivity contribution in [2.75, 3.05) is 43.4 Å². The van der Waals surface area contributed by atoms with Crippen molar-refractivity contribution in [3.05, 3.63) is 77.8 Å². The molecule has 0 bridgehead atoms. The molecule has 3 aliphatic rings. The lowest BCUT2D eigenvalue weighted by Crippen LogP contribution is -2.47. The first-order valence-corrected chi connectivity index (χ1v) is 18.9. The summed E-state index contributed by atoms with van der Waals surface area (Å²) in [5, 5.41) is 8.06. The number of fused-ring (bicyclic) bond motifs is 1. The third-order valence-electron chi connectivity index (χ3n) is 10.5. The molecule has 14 nitrogen and oxygen atoms in total. The van der Waals surface area contributed by atoms with Crippen molar-refractivity contribution < 1.29 is 37.1 Å². The highest BCUT2D eigenvalue weighted by atomic mass is 19.4. The Hall–Kier alpha value is -5.58. The van der Waals surface area contributed by atoms with Crippen molar-refractivity contribution in [3.63, 3.8) is 0 Å².